The Kier molecular flexibility index (Phi) is 6.29. The third-order valence-corrected chi connectivity index (χ3v) is 4.22. The molecule has 2 heterocycles. The number of nitrogens with zero attached hydrogens (tertiary/aromatic N) is 2. The summed E-state index contributed by atoms with van der Waals surface area (Å²) in [6.45, 7) is 2.21. The standard InChI is InChI=1S/C13H14BS.C4H6N2/c1-2-13-12(8-9-15-13)14-10-11-6-4-3-5-7-11;1-6-3-2-5-4-6/h3-9H,2,10H2,1H3;2-4H,1H3. The lowest BCUT2D eigenvalue weighted by molar-refractivity contribution is 0.913. The summed E-state index contributed by atoms with van der Waals surface area (Å²) in [4.78, 5) is 5.28. The highest BCUT2D eigenvalue weighted by Crippen LogP contribution is 2.07. The molecule has 0 spiro atoms. The van der Waals surface area contributed by atoms with Gasteiger partial charge in [-0.1, -0.05) is 54.3 Å². The molecule has 0 aliphatic rings. The molecule has 0 bridgehead atoms. The van der Waals surface area contributed by atoms with Gasteiger partial charge in [0.05, 0.1) is 6.33 Å². The SMILES string of the molecule is CCc1sccc1[B]Cc1ccccc1.Cn1ccnc1. The topological polar surface area (TPSA) is 17.8 Å². The van der Waals surface area contributed by atoms with Gasteiger partial charge in [0.25, 0.3) is 0 Å². The summed E-state index contributed by atoms with van der Waals surface area (Å²) in [5.74, 6) is 0. The molecular weight excluding hydrogens is 275 g/mol. The predicted octanol–water partition coefficient (Wildman–Crippen LogP) is 3.26. The summed E-state index contributed by atoms with van der Waals surface area (Å²) in [6.07, 6.45) is 7.56. The first-order valence-corrected chi connectivity index (χ1v) is 8.03. The van der Waals surface area contributed by atoms with Crippen molar-refractivity contribution in [1.29, 1.82) is 0 Å². The van der Waals surface area contributed by atoms with E-state index in [0.29, 0.717) is 0 Å². The Morgan fingerprint density at radius 2 is 2.00 bits per heavy atom. The van der Waals surface area contributed by atoms with Crippen molar-refractivity contribution in [3.05, 3.63) is 70.9 Å². The average molecular weight is 295 g/mol. The van der Waals surface area contributed by atoms with E-state index in [4.69, 9.17) is 0 Å². The molecule has 0 amide bonds. The van der Waals surface area contributed by atoms with Gasteiger partial charge in [0.2, 0.25) is 0 Å². The van der Waals surface area contributed by atoms with E-state index in [1.807, 2.05) is 29.1 Å². The van der Waals surface area contributed by atoms with E-state index < -0.39 is 0 Å². The minimum absolute atomic E-state index is 1.03. The van der Waals surface area contributed by atoms with E-state index >= 15 is 0 Å². The Balaban J connectivity index is 0.000000225. The number of hydrogen-bond donors (Lipinski definition) is 0. The van der Waals surface area contributed by atoms with Gasteiger partial charge in [-0.2, -0.15) is 0 Å². The van der Waals surface area contributed by atoms with Crippen LogP contribution in [0.15, 0.2) is 60.5 Å². The maximum Gasteiger partial charge on any atom is 0.157 e. The van der Waals surface area contributed by atoms with Crippen LogP contribution < -0.4 is 5.46 Å². The molecule has 1 radical (unpaired) electrons. The zero-order chi connectivity index (χ0) is 14.9. The summed E-state index contributed by atoms with van der Waals surface area (Å²) in [6, 6.07) is 12.8. The quantitative estimate of drug-likeness (QED) is 0.676. The summed E-state index contributed by atoms with van der Waals surface area (Å²) < 4.78 is 1.89. The molecular formula is C17H20BN2S. The van der Waals surface area contributed by atoms with Gasteiger partial charge < -0.3 is 4.57 Å². The second-order valence-electron chi connectivity index (χ2n) is 4.77. The van der Waals surface area contributed by atoms with Crippen LogP contribution in [-0.2, 0) is 19.8 Å². The zero-order valence-corrected chi connectivity index (χ0v) is 13.4. The van der Waals surface area contributed by atoms with E-state index in [-0.39, 0.29) is 0 Å². The maximum absolute atomic E-state index is 3.78. The van der Waals surface area contributed by atoms with Gasteiger partial charge in [0.1, 0.15) is 0 Å². The molecule has 0 saturated carbocycles. The summed E-state index contributed by atoms with van der Waals surface area (Å²) in [5, 5.41) is 2.18. The average Bonchev–Trinajstić information content (AvgIpc) is 3.17. The van der Waals surface area contributed by atoms with Crippen molar-refractivity contribution < 1.29 is 0 Å². The Morgan fingerprint density at radius 3 is 2.57 bits per heavy atom. The van der Waals surface area contributed by atoms with Crippen molar-refractivity contribution >= 4 is 24.1 Å². The fraction of sp³-hybridized carbons (Fsp3) is 0.235. The second kappa shape index (κ2) is 8.47. The minimum atomic E-state index is 1.03. The van der Waals surface area contributed by atoms with Crippen molar-refractivity contribution in [1.82, 2.24) is 9.55 Å². The molecule has 3 aromatic rings. The van der Waals surface area contributed by atoms with Gasteiger partial charge in [0.15, 0.2) is 7.28 Å². The maximum atomic E-state index is 3.78. The molecule has 21 heavy (non-hydrogen) atoms. The fourth-order valence-electron chi connectivity index (χ4n) is 1.99. The lowest BCUT2D eigenvalue weighted by atomic mass is 9.65. The van der Waals surface area contributed by atoms with Crippen molar-refractivity contribution in [2.24, 2.45) is 7.05 Å². The van der Waals surface area contributed by atoms with Gasteiger partial charge in [-0.25, -0.2) is 4.98 Å². The highest BCUT2D eigenvalue weighted by Gasteiger charge is 2.03. The van der Waals surface area contributed by atoms with Gasteiger partial charge in [0, 0.05) is 19.4 Å². The minimum Gasteiger partial charge on any atom is -0.341 e. The van der Waals surface area contributed by atoms with Crippen LogP contribution in [-0.4, -0.2) is 16.8 Å². The molecule has 0 aliphatic carbocycles. The Hall–Kier alpha value is -1.81. The van der Waals surface area contributed by atoms with Crippen LogP contribution in [0.25, 0.3) is 0 Å². The number of benzene rings is 1. The lowest BCUT2D eigenvalue weighted by Crippen LogP contribution is -2.17. The first kappa shape index (κ1) is 15.6. The number of rotatable bonds is 4. The summed E-state index contributed by atoms with van der Waals surface area (Å²) in [7, 11) is 4.26. The molecule has 3 rings (SSSR count). The zero-order valence-electron chi connectivity index (χ0n) is 12.6. The van der Waals surface area contributed by atoms with Crippen LogP contribution in [0.4, 0.5) is 0 Å². The van der Waals surface area contributed by atoms with Crippen molar-refractivity contribution in [2.45, 2.75) is 19.7 Å². The van der Waals surface area contributed by atoms with Crippen LogP contribution >= 0.6 is 11.3 Å². The molecule has 2 aromatic heterocycles. The highest BCUT2D eigenvalue weighted by molar-refractivity contribution is 7.11. The van der Waals surface area contributed by atoms with Gasteiger partial charge in [-0.3, -0.25) is 0 Å². The van der Waals surface area contributed by atoms with Crippen LogP contribution in [0.2, 0.25) is 0 Å². The van der Waals surface area contributed by atoms with Crippen LogP contribution in [0.3, 0.4) is 0 Å². The molecule has 107 valence electrons. The van der Waals surface area contributed by atoms with Gasteiger partial charge in [-0.05, 0) is 23.0 Å². The lowest BCUT2D eigenvalue weighted by Gasteiger charge is -2.00. The predicted molar refractivity (Wildman–Crippen MR) is 92.4 cm³/mol. The summed E-state index contributed by atoms with van der Waals surface area (Å²) in [5.41, 5.74) is 2.79. The number of aromatic nitrogens is 2. The Bertz CT molecular complexity index is 617. The fourth-order valence-corrected chi connectivity index (χ4v) is 2.82. The van der Waals surface area contributed by atoms with Crippen LogP contribution in [0.1, 0.15) is 17.4 Å². The number of imidazole rings is 1. The van der Waals surface area contributed by atoms with E-state index in [0.717, 1.165) is 12.7 Å². The molecule has 1 aromatic carbocycles. The first-order chi connectivity index (χ1) is 10.3. The molecule has 4 heteroatoms. The van der Waals surface area contributed by atoms with Crippen molar-refractivity contribution in [2.75, 3.05) is 0 Å². The highest BCUT2D eigenvalue weighted by atomic mass is 32.1. The van der Waals surface area contributed by atoms with Gasteiger partial charge >= 0.3 is 0 Å². The molecule has 0 fully saturated rings. The second-order valence-corrected chi connectivity index (χ2v) is 5.78. The first-order valence-electron chi connectivity index (χ1n) is 7.15. The Labute approximate surface area is 131 Å². The largest absolute Gasteiger partial charge is 0.341 e. The monoisotopic (exact) mass is 295 g/mol. The van der Waals surface area contributed by atoms with E-state index in [2.05, 4.69) is 61.0 Å². The molecule has 2 nitrogen and oxygen atoms in total. The molecule has 0 N–H and O–H groups in total. The number of hydrogen-bond acceptors (Lipinski definition) is 2. The number of aryl methyl sites for hydroxylation is 2. The molecule has 0 saturated heterocycles. The van der Waals surface area contributed by atoms with Crippen molar-refractivity contribution in [3.8, 4) is 0 Å². The van der Waals surface area contributed by atoms with Crippen LogP contribution in [0, 0.1) is 0 Å². The molecule has 0 aliphatic heterocycles. The number of thiophene rings is 1. The van der Waals surface area contributed by atoms with E-state index in [1.54, 1.807) is 12.5 Å². The van der Waals surface area contributed by atoms with Gasteiger partial charge in [-0.15, -0.1) is 11.3 Å². The normalized spacial score (nSPS) is 9.81. The summed E-state index contributed by atoms with van der Waals surface area (Å²) >= 11 is 1.85. The third kappa shape index (κ3) is 5.23. The van der Waals surface area contributed by atoms with E-state index in [9.17, 15) is 0 Å². The van der Waals surface area contributed by atoms with Crippen LogP contribution in [0.5, 0.6) is 0 Å². The smallest absolute Gasteiger partial charge is 0.157 e. The molecule has 0 atom stereocenters. The Morgan fingerprint density at radius 1 is 1.19 bits per heavy atom. The molecule has 0 unspecified atom stereocenters. The third-order valence-electron chi connectivity index (χ3n) is 3.14. The van der Waals surface area contributed by atoms with Crippen molar-refractivity contribution in [3.63, 3.8) is 0 Å². The van der Waals surface area contributed by atoms with E-state index in [1.165, 1.54) is 15.9 Å².